The standard InChI is InChI=1S/C13H16N2O2S/c1-2-17-12(16)8-5-9-14-13-10-6-3-4-7-11(10)15-18-13/h3-4,6-7,14H,2,5,8-9H2,1H3. The monoisotopic (exact) mass is 264 g/mol. The molecule has 0 aliphatic carbocycles. The third-order valence-electron chi connectivity index (χ3n) is 2.53. The first-order chi connectivity index (χ1) is 8.81. The number of ether oxygens (including phenoxy) is 1. The van der Waals surface area contributed by atoms with Crippen LogP contribution in [0.3, 0.4) is 0 Å². The summed E-state index contributed by atoms with van der Waals surface area (Å²) in [5.41, 5.74) is 1.01. The Hall–Kier alpha value is -1.62. The van der Waals surface area contributed by atoms with E-state index in [1.165, 1.54) is 11.5 Å². The molecule has 0 saturated heterocycles. The Kier molecular flexibility index (Phi) is 4.52. The van der Waals surface area contributed by atoms with Crippen molar-refractivity contribution in [2.75, 3.05) is 18.5 Å². The van der Waals surface area contributed by atoms with Gasteiger partial charge in [0, 0.05) is 18.4 Å². The number of benzene rings is 1. The van der Waals surface area contributed by atoms with Crippen molar-refractivity contribution in [3.05, 3.63) is 24.3 Å². The van der Waals surface area contributed by atoms with Gasteiger partial charge in [-0.3, -0.25) is 4.79 Å². The molecule has 0 fully saturated rings. The second-order valence-electron chi connectivity index (χ2n) is 3.86. The Morgan fingerprint density at radius 1 is 1.44 bits per heavy atom. The average Bonchev–Trinajstić information content (AvgIpc) is 2.78. The number of carbonyl (C=O) groups is 1. The lowest BCUT2D eigenvalue weighted by atomic mass is 10.2. The van der Waals surface area contributed by atoms with Crippen molar-refractivity contribution in [1.82, 2.24) is 4.37 Å². The molecular weight excluding hydrogens is 248 g/mol. The summed E-state index contributed by atoms with van der Waals surface area (Å²) in [5, 5.41) is 5.52. The Morgan fingerprint density at radius 2 is 2.28 bits per heavy atom. The van der Waals surface area contributed by atoms with Gasteiger partial charge in [-0.05, 0) is 37.0 Å². The van der Waals surface area contributed by atoms with E-state index in [9.17, 15) is 4.79 Å². The molecule has 0 bridgehead atoms. The van der Waals surface area contributed by atoms with Gasteiger partial charge in [0.15, 0.2) is 0 Å². The molecule has 0 atom stereocenters. The maximum atomic E-state index is 11.2. The summed E-state index contributed by atoms with van der Waals surface area (Å²) < 4.78 is 9.22. The van der Waals surface area contributed by atoms with E-state index in [2.05, 4.69) is 9.69 Å². The van der Waals surface area contributed by atoms with Gasteiger partial charge in [-0.25, -0.2) is 0 Å². The van der Waals surface area contributed by atoms with Crippen LogP contribution in [0, 0.1) is 0 Å². The average molecular weight is 264 g/mol. The zero-order valence-electron chi connectivity index (χ0n) is 10.3. The predicted octanol–water partition coefficient (Wildman–Crippen LogP) is 3.05. The smallest absolute Gasteiger partial charge is 0.305 e. The van der Waals surface area contributed by atoms with E-state index in [4.69, 9.17) is 4.74 Å². The molecule has 0 aliphatic rings. The van der Waals surface area contributed by atoms with Gasteiger partial charge in [0.2, 0.25) is 0 Å². The lowest BCUT2D eigenvalue weighted by Gasteiger charge is -2.04. The molecule has 1 aromatic carbocycles. The molecule has 0 amide bonds. The van der Waals surface area contributed by atoms with Crippen molar-refractivity contribution < 1.29 is 9.53 Å². The number of anilines is 1. The SMILES string of the molecule is CCOC(=O)CCCNc1snc2ccccc12. The Labute approximate surface area is 110 Å². The topological polar surface area (TPSA) is 51.2 Å². The van der Waals surface area contributed by atoms with Gasteiger partial charge in [0.25, 0.3) is 0 Å². The van der Waals surface area contributed by atoms with Gasteiger partial charge >= 0.3 is 5.97 Å². The van der Waals surface area contributed by atoms with Gasteiger partial charge < -0.3 is 10.1 Å². The predicted molar refractivity (Wildman–Crippen MR) is 74.0 cm³/mol. The molecule has 2 aromatic rings. The maximum absolute atomic E-state index is 11.2. The summed E-state index contributed by atoms with van der Waals surface area (Å²) in [4.78, 5) is 11.2. The summed E-state index contributed by atoms with van der Waals surface area (Å²) in [5.74, 6) is -0.131. The van der Waals surface area contributed by atoms with E-state index >= 15 is 0 Å². The minimum Gasteiger partial charge on any atom is -0.466 e. The van der Waals surface area contributed by atoms with E-state index in [1.807, 2.05) is 31.2 Å². The highest BCUT2D eigenvalue weighted by Gasteiger charge is 2.05. The van der Waals surface area contributed by atoms with Gasteiger partial charge in [-0.15, -0.1) is 0 Å². The van der Waals surface area contributed by atoms with Crippen molar-refractivity contribution in [3.63, 3.8) is 0 Å². The summed E-state index contributed by atoms with van der Waals surface area (Å²) >= 11 is 1.45. The molecule has 18 heavy (non-hydrogen) atoms. The number of hydrogen-bond acceptors (Lipinski definition) is 5. The Balaban J connectivity index is 1.82. The number of rotatable bonds is 6. The highest BCUT2D eigenvalue weighted by molar-refractivity contribution is 7.11. The number of esters is 1. The summed E-state index contributed by atoms with van der Waals surface area (Å²) in [6, 6.07) is 8.02. The van der Waals surface area contributed by atoms with Crippen LogP contribution in [0.2, 0.25) is 0 Å². The highest BCUT2D eigenvalue weighted by Crippen LogP contribution is 2.26. The lowest BCUT2D eigenvalue weighted by Crippen LogP contribution is -2.07. The molecule has 5 heteroatoms. The normalized spacial score (nSPS) is 10.5. The molecule has 0 spiro atoms. The van der Waals surface area contributed by atoms with Crippen molar-refractivity contribution in [2.45, 2.75) is 19.8 Å². The molecule has 4 nitrogen and oxygen atoms in total. The van der Waals surface area contributed by atoms with Crippen molar-refractivity contribution in [3.8, 4) is 0 Å². The molecule has 1 aromatic heterocycles. The zero-order chi connectivity index (χ0) is 12.8. The van der Waals surface area contributed by atoms with Gasteiger partial charge in [-0.1, -0.05) is 12.1 Å². The van der Waals surface area contributed by atoms with Crippen LogP contribution in [0.5, 0.6) is 0 Å². The van der Waals surface area contributed by atoms with Gasteiger partial charge in [0.05, 0.1) is 12.1 Å². The highest BCUT2D eigenvalue weighted by atomic mass is 32.1. The van der Waals surface area contributed by atoms with Crippen LogP contribution in [-0.2, 0) is 9.53 Å². The van der Waals surface area contributed by atoms with E-state index in [0.29, 0.717) is 13.0 Å². The van der Waals surface area contributed by atoms with Crippen LogP contribution in [0.15, 0.2) is 24.3 Å². The molecule has 96 valence electrons. The van der Waals surface area contributed by atoms with Crippen molar-refractivity contribution in [2.24, 2.45) is 0 Å². The van der Waals surface area contributed by atoms with Crippen LogP contribution >= 0.6 is 11.5 Å². The third-order valence-corrected chi connectivity index (χ3v) is 3.37. The second kappa shape index (κ2) is 6.35. The molecule has 0 radical (unpaired) electrons. The summed E-state index contributed by atoms with van der Waals surface area (Å²) in [7, 11) is 0. The van der Waals surface area contributed by atoms with Crippen LogP contribution in [0.25, 0.3) is 10.9 Å². The molecule has 0 aliphatic heterocycles. The van der Waals surface area contributed by atoms with Crippen LogP contribution < -0.4 is 5.32 Å². The van der Waals surface area contributed by atoms with E-state index in [1.54, 1.807) is 0 Å². The fourth-order valence-electron chi connectivity index (χ4n) is 1.68. The van der Waals surface area contributed by atoms with E-state index < -0.39 is 0 Å². The molecule has 2 rings (SSSR count). The summed E-state index contributed by atoms with van der Waals surface area (Å²) in [6.07, 6.45) is 1.22. The molecule has 1 N–H and O–H groups in total. The first kappa shape index (κ1) is 12.8. The minimum absolute atomic E-state index is 0.131. The van der Waals surface area contributed by atoms with Gasteiger partial charge in [0.1, 0.15) is 5.00 Å². The molecule has 0 saturated carbocycles. The number of nitrogens with one attached hydrogen (secondary N) is 1. The fraction of sp³-hybridized carbons (Fsp3) is 0.385. The zero-order valence-corrected chi connectivity index (χ0v) is 11.1. The Morgan fingerprint density at radius 3 is 3.11 bits per heavy atom. The molecular formula is C13H16N2O2S. The van der Waals surface area contributed by atoms with Crippen LogP contribution in [0.1, 0.15) is 19.8 Å². The number of carbonyl (C=O) groups excluding carboxylic acids is 1. The Bertz CT molecular complexity index is 524. The van der Waals surface area contributed by atoms with Crippen molar-refractivity contribution in [1.29, 1.82) is 0 Å². The molecule has 0 unspecified atom stereocenters. The maximum Gasteiger partial charge on any atom is 0.305 e. The number of fused-ring (bicyclic) bond motifs is 1. The second-order valence-corrected chi connectivity index (χ2v) is 4.64. The first-order valence-corrected chi connectivity index (χ1v) is 6.82. The van der Waals surface area contributed by atoms with E-state index in [0.717, 1.165) is 28.9 Å². The lowest BCUT2D eigenvalue weighted by molar-refractivity contribution is -0.143. The van der Waals surface area contributed by atoms with Crippen LogP contribution in [-0.4, -0.2) is 23.5 Å². The van der Waals surface area contributed by atoms with Gasteiger partial charge in [-0.2, -0.15) is 4.37 Å². The third kappa shape index (κ3) is 3.20. The van der Waals surface area contributed by atoms with Crippen LogP contribution in [0.4, 0.5) is 5.00 Å². The fourth-order valence-corrected chi connectivity index (χ4v) is 2.47. The van der Waals surface area contributed by atoms with E-state index in [-0.39, 0.29) is 5.97 Å². The first-order valence-electron chi connectivity index (χ1n) is 6.05. The quantitative estimate of drug-likeness (QED) is 0.643. The summed E-state index contributed by atoms with van der Waals surface area (Å²) in [6.45, 7) is 3.02. The molecule has 1 heterocycles. The minimum atomic E-state index is -0.131. The largest absolute Gasteiger partial charge is 0.466 e. The van der Waals surface area contributed by atoms with Crippen molar-refractivity contribution >= 4 is 33.4 Å². The number of aromatic nitrogens is 1. The number of nitrogens with zero attached hydrogens (tertiary/aromatic N) is 1. The number of hydrogen-bond donors (Lipinski definition) is 1.